The van der Waals surface area contributed by atoms with Gasteiger partial charge in [0.1, 0.15) is 23.0 Å². The predicted octanol–water partition coefficient (Wildman–Crippen LogP) is 2.73. The van der Waals surface area contributed by atoms with Gasteiger partial charge >= 0.3 is 5.97 Å². The number of aromatic nitrogens is 5. The van der Waals surface area contributed by atoms with Crippen LogP contribution in [0, 0.1) is 0 Å². The van der Waals surface area contributed by atoms with Gasteiger partial charge in [-0.05, 0) is 30.3 Å². The third kappa shape index (κ3) is 1.89. The Morgan fingerprint density at radius 1 is 1.15 bits per heavy atom. The highest BCUT2D eigenvalue weighted by Crippen LogP contribution is 2.33. The maximum Gasteiger partial charge on any atom is 0.335 e. The monoisotopic (exact) mass is 344 g/mol. The smallest absolute Gasteiger partial charge is 0.335 e. The van der Waals surface area contributed by atoms with Crippen LogP contribution in [0.4, 0.5) is 5.82 Å². The quantitative estimate of drug-likeness (QED) is 0.452. The molecule has 0 amide bonds. The Bertz CT molecular complexity index is 1330. The van der Waals surface area contributed by atoms with Crippen molar-refractivity contribution < 1.29 is 9.90 Å². The highest BCUT2D eigenvalue weighted by molar-refractivity contribution is 6.11. The number of aromatic amines is 1. The van der Waals surface area contributed by atoms with E-state index < -0.39 is 5.97 Å². The molecule has 0 saturated heterocycles. The maximum absolute atomic E-state index is 11.4. The number of hydrogen-bond acceptors (Lipinski definition) is 5. The molecule has 0 atom stereocenters. The molecular formula is C18H12N6O2. The lowest BCUT2D eigenvalue weighted by atomic mass is 10.1. The van der Waals surface area contributed by atoms with Crippen molar-refractivity contribution in [3.05, 3.63) is 54.6 Å². The fourth-order valence-corrected chi connectivity index (χ4v) is 3.30. The first-order valence-electron chi connectivity index (χ1n) is 7.85. The molecule has 5 aromatic rings. The van der Waals surface area contributed by atoms with Crippen LogP contribution in [-0.4, -0.2) is 35.6 Å². The van der Waals surface area contributed by atoms with Crippen molar-refractivity contribution >= 4 is 44.8 Å². The van der Waals surface area contributed by atoms with Crippen LogP contribution in [0.3, 0.4) is 0 Å². The number of rotatable bonds is 2. The van der Waals surface area contributed by atoms with Gasteiger partial charge < -0.3 is 20.4 Å². The van der Waals surface area contributed by atoms with E-state index in [2.05, 4.69) is 19.9 Å². The zero-order chi connectivity index (χ0) is 17.8. The summed E-state index contributed by atoms with van der Waals surface area (Å²) in [7, 11) is 0. The Kier molecular flexibility index (Phi) is 2.79. The molecule has 0 spiro atoms. The predicted molar refractivity (Wildman–Crippen MR) is 97.4 cm³/mol. The van der Waals surface area contributed by atoms with Gasteiger partial charge in [0.15, 0.2) is 5.82 Å². The van der Waals surface area contributed by atoms with Crippen LogP contribution in [0.5, 0.6) is 0 Å². The highest BCUT2D eigenvalue weighted by atomic mass is 16.4. The van der Waals surface area contributed by atoms with Gasteiger partial charge in [-0.2, -0.15) is 0 Å². The molecule has 26 heavy (non-hydrogen) atoms. The van der Waals surface area contributed by atoms with Gasteiger partial charge in [-0.25, -0.2) is 19.7 Å². The number of carboxylic acid groups (broad SMARTS) is 1. The number of hydrogen-bond donors (Lipinski definition) is 3. The van der Waals surface area contributed by atoms with Crippen molar-refractivity contribution in [3.8, 4) is 5.69 Å². The molecule has 4 heterocycles. The van der Waals surface area contributed by atoms with Crippen molar-refractivity contribution in [2.24, 2.45) is 0 Å². The van der Waals surface area contributed by atoms with Crippen molar-refractivity contribution in [1.82, 2.24) is 24.5 Å². The summed E-state index contributed by atoms with van der Waals surface area (Å²) in [4.78, 5) is 27.3. The number of nitrogen functional groups attached to an aromatic ring is 1. The number of nitrogens with zero attached hydrogens (tertiary/aromatic N) is 4. The van der Waals surface area contributed by atoms with Crippen molar-refractivity contribution in [1.29, 1.82) is 0 Å². The Morgan fingerprint density at radius 3 is 2.88 bits per heavy atom. The van der Waals surface area contributed by atoms with Crippen molar-refractivity contribution in [2.45, 2.75) is 0 Å². The summed E-state index contributed by atoms with van der Waals surface area (Å²) in [6.45, 7) is 0. The molecule has 0 bridgehead atoms. The molecule has 0 aliphatic carbocycles. The minimum absolute atomic E-state index is 0.188. The van der Waals surface area contributed by atoms with Gasteiger partial charge in [-0.1, -0.05) is 0 Å². The standard InChI is InChI=1S/C18H12N6O2/c19-16-15-14(22-8-23-16)12-6-10(18(25)26)1-2-13(12)24(15)11-5-9-3-4-20-17(9)21-7-11/h1-8H,(H,20,21)(H,25,26)(H2,19,22,23). The fraction of sp³-hybridized carbons (Fsp3) is 0. The average Bonchev–Trinajstić information content (AvgIpc) is 3.23. The van der Waals surface area contributed by atoms with Gasteiger partial charge in [0.2, 0.25) is 0 Å². The summed E-state index contributed by atoms with van der Waals surface area (Å²) < 4.78 is 1.91. The molecule has 0 saturated carbocycles. The van der Waals surface area contributed by atoms with Crippen LogP contribution in [0.25, 0.3) is 38.7 Å². The molecule has 0 aliphatic rings. The highest BCUT2D eigenvalue weighted by Gasteiger charge is 2.18. The van der Waals surface area contributed by atoms with E-state index in [4.69, 9.17) is 5.73 Å². The third-order valence-corrected chi connectivity index (χ3v) is 4.46. The number of fused-ring (bicyclic) bond motifs is 4. The summed E-state index contributed by atoms with van der Waals surface area (Å²) in [5, 5.41) is 11.0. The van der Waals surface area contributed by atoms with E-state index in [9.17, 15) is 9.90 Å². The molecule has 8 heteroatoms. The van der Waals surface area contributed by atoms with Crippen LogP contribution in [0.15, 0.2) is 49.1 Å². The largest absolute Gasteiger partial charge is 0.478 e. The summed E-state index contributed by atoms with van der Waals surface area (Å²) in [6, 6.07) is 8.83. The van der Waals surface area contributed by atoms with E-state index in [0.29, 0.717) is 22.2 Å². The number of H-pyrrole nitrogens is 1. The van der Waals surface area contributed by atoms with Crippen molar-refractivity contribution in [2.75, 3.05) is 5.73 Å². The molecule has 126 valence electrons. The van der Waals surface area contributed by atoms with Crippen LogP contribution >= 0.6 is 0 Å². The number of carboxylic acids is 1. The maximum atomic E-state index is 11.4. The zero-order valence-electron chi connectivity index (χ0n) is 13.3. The molecule has 8 nitrogen and oxygen atoms in total. The van der Waals surface area contributed by atoms with Crippen LogP contribution in [0.1, 0.15) is 10.4 Å². The molecule has 5 rings (SSSR count). The molecule has 0 fully saturated rings. The van der Waals surface area contributed by atoms with E-state index in [0.717, 1.165) is 22.2 Å². The number of aromatic carboxylic acids is 1. The molecule has 4 aromatic heterocycles. The van der Waals surface area contributed by atoms with E-state index in [1.165, 1.54) is 6.33 Å². The SMILES string of the molecule is Nc1ncnc2c3cc(C(=O)O)ccc3n(-c3cnc4[nH]ccc4c3)c12. The molecule has 4 N–H and O–H groups in total. The molecule has 1 aromatic carbocycles. The van der Waals surface area contributed by atoms with Crippen LogP contribution < -0.4 is 5.73 Å². The lowest BCUT2D eigenvalue weighted by Crippen LogP contribution is -2.00. The minimum atomic E-state index is -0.995. The second kappa shape index (κ2) is 5.03. The van der Waals surface area contributed by atoms with Crippen LogP contribution in [-0.2, 0) is 0 Å². The summed E-state index contributed by atoms with van der Waals surface area (Å²) in [5.41, 5.74) is 9.91. The average molecular weight is 344 g/mol. The Morgan fingerprint density at radius 2 is 2.04 bits per heavy atom. The van der Waals surface area contributed by atoms with Gasteiger partial charge in [0, 0.05) is 17.0 Å². The third-order valence-electron chi connectivity index (χ3n) is 4.46. The Hall–Kier alpha value is -3.94. The molecule has 0 unspecified atom stereocenters. The van der Waals surface area contributed by atoms with Gasteiger partial charge in [-0.3, -0.25) is 0 Å². The lowest BCUT2D eigenvalue weighted by Gasteiger charge is -2.08. The van der Waals surface area contributed by atoms with E-state index in [1.54, 1.807) is 24.4 Å². The van der Waals surface area contributed by atoms with Gasteiger partial charge in [0.25, 0.3) is 0 Å². The minimum Gasteiger partial charge on any atom is -0.478 e. The number of pyridine rings is 1. The number of carbonyl (C=O) groups is 1. The summed E-state index contributed by atoms with van der Waals surface area (Å²) >= 11 is 0. The number of anilines is 1. The Labute approximate surface area is 145 Å². The lowest BCUT2D eigenvalue weighted by molar-refractivity contribution is 0.0697. The molecular weight excluding hydrogens is 332 g/mol. The van der Waals surface area contributed by atoms with Gasteiger partial charge in [-0.15, -0.1) is 0 Å². The first-order valence-corrected chi connectivity index (χ1v) is 7.85. The van der Waals surface area contributed by atoms with Crippen molar-refractivity contribution in [3.63, 3.8) is 0 Å². The fourth-order valence-electron chi connectivity index (χ4n) is 3.30. The molecule has 0 aliphatic heterocycles. The van der Waals surface area contributed by atoms with Crippen LogP contribution in [0.2, 0.25) is 0 Å². The zero-order valence-corrected chi connectivity index (χ0v) is 13.3. The second-order valence-corrected chi connectivity index (χ2v) is 5.94. The van der Waals surface area contributed by atoms with E-state index >= 15 is 0 Å². The van der Waals surface area contributed by atoms with E-state index in [1.807, 2.05) is 22.9 Å². The molecule has 0 radical (unpaired) electrons. The Balaban J connectivity index is 1.94. The summed E-state index contributed by atoms with van der Waals surface area (Å²) in [6.07, 6.45) is 4.93. The normalized spacial score (nSPS) is 11.5. The summed E-state index contributed by atoms with van der Waals surface area (Å²) in [5.74, 6) is -0.678. The number of benzene rings is 1. The van der Waals surface area contributed by atoms with Gasteiger partial charge in [0.05, 0.1) is 23.0 Å². The van der Waals surface area contributed by atoms with E-state index in [-0.39, 0.29) is 5.56 Å². The first kappa shape index (κ1) is 14.4. The number of nitrogens with one attached hydrogen (secondary N) is 1. The first-order chi connectivity index (χ1) is 12.6. The topological polar surface area (TPSA) is 123 Å². The number of nitrogens with two attached hydrogens (primary N) is 1. The second-order valence-electron chi connectivity index (χ2n) is 5.94.